The summed E-state index contributed by atoms with van der Waals surface area (Å²) in [6.07, 6.45) is 4.29. The number of hydrogen-bond acceptors (Lipinski definition) is 4. The van der Waals surface area contributed by atoms with E-state index in [2.05, 4.69) is 10.6 Å². The lowest BCUT2D eigenvalue weighted by Gasteiger charge is -2.20. The van der Waals surface area contributed by atoms with Crippen molar-refractivity contribution in [2.45, 2.75) is 32.6 Å². The zero-order chi connectivity index (χ0) is 16.9. The summed E-state index contributed by atoms with van der Waals surface area (Å²) in [4.78, 5) is 20.5. The Hall–Kier alpha value is -2.14. The van der Waals surface area contributed by atoms with E-state index in [4.69, 9.17) is 21.6 Å². The van der Waals surface area contributed by atoms with Crippen LogP contribution < -0.4 is 10.6 Å². The number of aromatic nitrogens is 2. The lowest BCUT2D eigenvalue weighted by molar-refractivity contribution is -0.118. The molecule has 0 unspecified atom stereocenters. The van der Waals surface area contributed by atoms with Crippen molar-refractivity contribution in [1.29, 1.82) is 0 Å². The van der Waals surface area contributed by atoms with Crippen LogP contribution in [0.4, 0.5) is 5.82 Å². The van der Waals surface area contributed by atoms with Crippen LogP contribution in [0.15, 0.2) is 24.3 Å². The van der Waals surface area contributed by atoms with Crippen LogP contribution in [-0.2, 0) is 17.6 Å². The van der Waals surface area contributed by atoms with Gasteiger partial charge in [-0.2, -0.15) is 0 Å². The van der Waals surface area contributed by atoms with Gasteiger partial charge in [0.15, 0.2) is 5.82 Å². The fourth-order valence-electron chi connectivity index (χ4n) is 2.92. The topological polar surface area (TPSA) is 66.9 Å². The number of carbonyl (C=O) groups is 1. The van der Waals surface area contributed by atoms with Crippen molar-refractivity contribution >= 4 is 23.3 Å². The van der Waals surface area contributed by atoms with Gasteiger partial charge in [0.05, 0.1) is 0 Å². The molecule has 126 valence electrons. The second-order valence-electron chi connectivity index (χ2n) is 5.95. The molecule has 1 aliphatic carbocycles. The van der Waals surface area contributed by atoms with Gasteiger partial charge in [-0.25, -0.2) is 9.97 Å². The summed E-state index contributed by atoms with van der Waals surface area (Å²) in [5.74, 6) is 1.54. The number of halogens is 1. The summed E-state index contributed by atoms with van der Waals surface area (Å²) in [5.41, 5.74) is 3.24. The van der Waals surface area contributed by atoms with Crippen LogP contribution in [0.1, 0.15) is 31.0 Å². The monoisotopic (exact) mass is 344 g/mol. The molecule has 0 fully saturated rings. The second-order valence-corrected chi connectivity index (χ2v) is 6.38. The van der Waals surface area contributed by atoms with Crippen LogP contribution in [0.25, 0.3) is 11.4 Å². The first-order valence-electron chi connectivity index (χ1n) is 8.27. The third-order valence-electron chi connectivity index (χ3n) is 4.06. The first-order valence-corrected chi connectivity index (χ1v) is 8.65. The number of fused-ring (bicyclic) bond motifs is 1. The molecule has 0 spiro atoms. The zero-order valence-corrected chi connectivity index (χ0v) is 14.5. The zero-order valence-electron chi connectivity index (χ0n) is 13.7. The highest BCUT2D eigenvalue weighted by Gasteiger charge is 2.18. The maximum absolute atomic E-state index is 11.0. The van der Waals surface area contributed by atoms with E-state index in [1.54, 1.807) is 0 Å². The molecule has 0 radical (unpaired) electrons. The maximum Gasteiger partial charge on any atom is 0.216 e. The average molecular weight is 345 g/mol. The molecule has 0 saturated carbocycles. The number of amides is 1. The summed E-state index contributed by atoms with van der Waals surface area (Å²) in [6, 6.07) is 7.60. The Morgan fingerprint density at radius 1 is 1.21 bits per heavy atom. The van der Waals surface area contributed by atoms with Crippen molar-refractivity contribution in [3.05, 3.63) is 40.5 Å². The predicted molar refractivity (Wildman–Crippen MR) is 96.3 cm³/mol. The molecule has 1 amide bonds. The van der Waals surface area contributed by atoms with E-state index >= 15 is 0 Å². The molecule has 1 aromatic heterocycles. The largest absolute Gasteiger partial charge is 0.368 e. The van der Waals surface area contributed by atoms with Crippen molar-refractivity contribution in [3.63, 3.8) is 0 Å². The lowest BCUT2D eigenvalue weighted by atomic mass is 9.96. The lowest BCUT2D eigenvalue weighted by Crippen LogP contribution is -2.27. The van der Waals surface area contributed by atoms with Gasteiger partial charge >= 0.3 is 0 Å². The van der Waals surface area contributed by atoms with E-state index in [1.807, 2.05) is 24.3 Å². The van der Waals surface area contributed by atoms with Crippen molar-refractivity contribution in [2.24, 2.45) is 0 Å². The second kappa shape index (κ2) is 7.62. The van der Waals surface area contributed by atoms with Crippen molar-refractivity contribution < 1.29 is 4.79 Å². The van der Waals surface area contributed by atoms with E-state index < -0.39 is 0 Å². The fraction of sp³-hybridized carbons (Fsp3) is 0.389. The Labute approximate surface area is 146 Å². The minimum absolute atomic E-state index is 0.0267. The van der Waals surface area contributed by atoms with Gasteiger partial charge in [0, 0.05) is 41.9 Å². The highest BCUT2D eigenvalue weighted by Crippen LogP contribution is 2.29. The summed E-state index contributed by atoms with van der Waals surface area (Å²) < 4.78 is 0. The van der Waals surface area contributed by atoms with Crippen LogP contribution in [0.5, 0.6) is 0 Å². The van der Waals surface area contributed by atoms with Gasteiger partial charge in [-0.1, -0.05) is 23.7 Å². The Morgan fingerprint density at radius 3 is 2.83 bits per heavy atom. The van der Waals surface area contributed by atoms with E-state index in [0.29, 0.717) is 23.9 Å². The Kier molecular flexibility index (Phi) is 5.30. The molecular formula is C18H21ClN4O. The van der Waals surface area contributed by atoms with Crippen molar-refractivity contribution in [2.75, 3.05) is 18.4 Å². The molecule has 1 aliphatic rings. The van der Waals surface area contributed by atoms with Crippen molar-refractivity contribution in [1.82, 2.24) is 15.3 Å². The smallest absolute Gasteiger partial charge is 0.216 e. The number of carbonyl (C=O) groups excluding carboxylic acids is 1. The SMILES string of the molecule is CC(=O)NCCNc1nc(-c2cccc(Cl)c2)nc2c1CCCC2. The van der Waals surface area contributed by atoms with Gasteiger partial charge in [0.1, 0.15) is 5.82 Å². The van der Waals surface area contributed by atoms with Crippen molar-refractivity contribution in [3.8, 4) is 11.4 Å². The predicted octanol–water partition coefficient (Wildman–Crippen LogP) is 3.22. The van der Waals surface area contributed by atoms with Gasteiger partial charge in [0.2, 0.25) is 5.91 Å². The van der Waals surface area contributed by atoms with Crippen LogP contribution in [0, 0.1) is 0 Å². The highest BCUT2D eigenvalue weighted by molar-refractivity contribution is 6.30. The van der Waals surface area contributed by atoms with Gasteiger partial charge in [0.25, 0.3) is 0 Å². The van der Waals surface area contributed by atoms with E-state index in [9.17, 15) is 4.79 Å². The molecule has 3 rings (SSSR count). The number of nitrogens with one attached hydrogen (secondary N) is 2. The molecular weight excluding hydrogens is 324 g/mol. The highest BCUT2D eigenvalue weighted by atomic mass is 35.5. The first-order chi connectivity index (χ1) is 11.6. The number of anilines is 1. The molecule has 6 heteroatoms. The van der Waals surface area contributed by atoms with Gasteiger partial charge < -0.3 is 10.6 Å². The minimum atomic E-state index is -0.0267. The molecule has 24 heavy (non-hydrogen) atoms. The van der Waals surface area contributed by atoms with Crippen LogP contribution >= 0.6 is 11.6 Å². The summed E-state index contributed by atoms with van der Waals surface area (Å²) in [7, 11) is 0. The fourth-order valence-corrected chi connectivity index (χ4v) is 3.11. The number of nitrogens with zero attached hydrogens (tertiary/aromatic N) is 2. The van der Waals surface area contributed by atoms with Gasteiger partial charge in [-0.3, -0.25) is 4.79 Å². The molecule has 0 aliphatic heterocycles. The number of benzene rings is 1. The molecule has 1 aromatic carbocycles. The maximum atomic E-state index is 11.0. The standard InChI is InChI=1S/C18H21ClN4O/c1-12(24)20-9-10-21-18-15-7-2-3-8-16(15)22-17(23-18)13-5-4-6-14(19)11-13/h4-6,11H,2-3,7-10H2,1H3,(H,20,24)(H,21,22,23). The number of rotatable bonds is 5. The Bertz CT molecular complexity index is 748. The molecule has 2 N–H and O–H groups in total. The van der Waals surface area contributed by atoms with Crippen LogP contribution in [-0.4, -0.2) is 29.0 Å². The molecule has 0 bridgehead atoms. The van der Waals surface area contributed by atoms with Crippen LogP contribution in [0.2, 0.25) is 5.02 Å². The third kappa shape index (κ3) is 4.03. The summed E-state index contributed by atoms with van der Waals surface area (Å²) in [6.45, 7) is 2.72. The van der Waals surface area contributed by atoms with E-state index in [1.165, 1.54) is 12.5 Å². The quantitative estimate of drug-likeness (QED) is 0.817. The number of hydrogen-bond donors (Lipinski definition) is 2. The third-order valence-corrected chi connectivity index (χ3v) is 4.29. The Balaban J connectivity index is 1.88. The minimum Gasteiger partial charge on any atom is -0.368 e. The molecule has 5 nitrogen and oxygen atoms in total. The molecule has 0 atom stereocenters. The van der Waals surface area contributed by atoms with Gasteiger partial charge in [-0.15, -0.1) is 0 Å². The molecule has 1 heterocycles. The van der Waals surface area contributed by atoms with E-state index in [-0.39, 0.29) is 5.91 Å². The molecule has 0 saturated heterocycles. The Morgan fingerprint density at radius 2 is 2.04 bits per heavy atom. The summed E-state index contributed by atoms with van der Waals surface area (Å²) in [5, 5.41) is 6.82. The normalized spacial score (nSPS) is 13.2. The average Bonchev–Trinajstić information content (AvgIpc) is 2.58. The van der Waals surface area contributed by atoms with Gasteiger partial charge in [-0.05, 0) is 37.8 Å². The number of aryl methyl sites for hydroxylation is 1. The van der Waals surface area contributed by atoms with Crippen LogP contribution in [0.3, 0.4) is 0 Å². The van der Waals surface area contributed by atoms with E-state index in [0.717, 1.165) is 42.8 Å². The first kappa shape index (κ1) is 16.7. The molecule has 2 aromatic rings. The summed E-state index contributed by atoms with van der Waals surface area (Å²) >= 11 is 6.10.